The molecule has 4 heteroatoms. The first-order chi connectivity index (χ1) is 7.62. The SMILES string of the molecule is COc1c(Br)ccc(C2(N)CCC2)c1OC. The first-order valence-corrected chi connectivity index (χ1v) is 6.11. The number of nitrogens with two attached hydrogens (primary N) is 1. The lowest BCUT2D eigenvalue weighted by Crippen LogP contribution is -2.43. The molecule has 0 aromatic heterocycles. The number of benzene rings is 1. The summed E-state index contributed by atoms with van der Waals surface area (Å²) < 4.78 is 11.7. The second kappa shape index (κ2) is 4.26. The van der Waals surface area contributed by atoms with Gasteiger partial charge in [0.1, 0.15) is 0 Å². The van der Waals surface area contributed by atoms with E-state index in [1.54, 1.807) is 14.2 Å². The molecule has 0 aliphatic heterocycles. The minimum absolute atomic E-state index is 0.237. The third-order valence-electron chi connectivity index (χ3n) is 3.25. The molecule has 0 spiro atoms. The fourth-order valence-corrected chi connectivity index (χ4v) is 2.62. The number of hydrogen-bond donors (Lipinski definition) is 1. The number of halogens is 1. The van der Waals surface area contributed by atoms with Gasteiger partial charge in [-0.15, -0.1) is 0 Å². The molecule has 0 unspecified atom stereocenters. The quantitative estimate of drug-likeness (QED) is 0.929. The third-order valence-corrected chi connectivity index (χ3v) is 3.88. The van der Waals surface area contributed by atoms with Crippen molar-refractivity contribution in [3.63, 3.8) is 0 Å². The molecule has 0 atom stereocenters. The van der Waals surface area contributed by atoms with Crippen LogP contribution in [-0.4, -0.2) is 14.2 Å². The smallest absolute Gasteiger partial charge is 0.175 e. The van der Waals surface area contributed by atoms with Crippen molar-refractivity contribution in [2.75, 3.05) is 14.2 Å². The summed E-state index contributed by atoms with van der Waals surface area (Å²) >= 11 is 3.44. The Bertz CT molecular complexity index is 402. The molecule has 0 radical (unpaired) electrons. The van der Waals surface area contributed by atoms with E-state index in [2.05, 4.69) is 15.9 Å². The van der Waals surface area contributed by atoms with Crippen LogP contribution in [-0.2, 0) is 5.54 Å². The maximum Gasteiger partial charge on any atom is 0.175 e. The van der Waals surface area contributed by atoms with E-state index >= 15 is 0 Å². The van der Waals surface area contributed by atoms with Crippen molar-refractivity contribution in [2.24, 2.45) is 5.73 Å². The van der Waals surface area contributed by atoms with Crippen LogP contribution in [0, 0.1) is 0 Å². The van der Waals surface area contributed by atoms with Crippen molar-refractivity contribution in [3.8, 4) is 11.5 Å². The zero-order valence-electron chi connectivity index (χ0n) is 9.55. The van der Waals surface area contributed by atoms with Gasteiger partial charge in [-0.1, -0.05) is 6.07 Å². The van der Waals surface area contributed by atoms with Crippen LogP contribution >= 0.6 is 15.9 Å². The summed E-state index contributed by atoms with van der Waals surface area (Å²) in [4.78, 5) is 0. The normalized spacial score (nSPS) is 17.8. The highest BCUT2D eigenvalue weighted by molar-refractivity contribution is 9.10. The number of hydrogen-bond acceptors (Lipinski definition) is 3. The van der Waals surface area contributed by atoms with Crippen LogP contribution < -0.4 is 15.2 Å². The zero-order valence-corrected chi connectivity index (χ0v) is 11.1. The van der Waals surface area contributed by atoms with E-state index in [1.165, 1.54) is 6.42 Å². The molecule has 1 aliphatic rings. The van der Waals surface area contributed by atoms with Crippen molar-refractivity contribution >= 4 is 15.9 Å². The Morgan fingerprint density at radius 2 is 1.81 bits per heavy atom. The molecule has 0 amide bonds. The number of methoxy groups -OCH3 is 2. The summed E-state index contributed by atoms with van der Waals surface area (Å²) in [7, 11) is 3.28. The van der Waals surface area contributed by atoms with Crippen LogP contribution in [0.4, 0.5) is 0 Å². The predicted molar refractivity (Wildman–Crippen MR) is 67.0 cm³/mol. The molecule has 2 rings (SSSR count). The zero-order chi connectivity index (χ0) is 11.8. The summed E-state index contributed by atoms with van der Waals surface area (Å²) in [5.41, 5.74) is 7.13. The van der Waals surface area contributed by atoms with Gasteiger partial charge in [-0.2, -0.15) is 0 Å². The first kappa shape index (κ1) is 11.7. The Balaban J connectivity index is 2.53. The van der Waals surface area contributed by atoms with Gasteiger partial charge in [-0.3, -0.25) is 0 Å². The van der Waals surface area contributed by atoms with E-state index in [-0.39, 0.29) is 5.54 Å². The molecule has 88 valence electrons. The fourth-order valence-electron chi connectivity index (χ4n) is 2.15. The summed E-state index contributed by atoms with van der Waals surface area (Å²) in [6, 6.07) is 3.98. The Morgan fingerprint density at radius 3 is 2.25 bits per heavy atom. The van der Waals surface area contributed by atoms with Crippen molar-refractivity contribution in [2.45, 2.75) is 24.8 Å². The van der Waals surface area contributed by atoms with E-state index in [0.717, 1.165) is 34.4 Å². The topological polar surface area (TPSA) is 44.5 Å². The Morgan fingerprint density at radius 1 is 1.19 bits per heavy atom. The van der Waals surface area contributed by atoms with Crippen molar-refractivity contribution in [1.29, 1.82) is 0 Å². The maximum atomic E-state index is 6.32. The highest BCUT2D eigenvalue weighted by atomic mass is 79.9. The molecule has 3 nitrogen and oxygen atoms in total. The van der Waals surface area contributed by atoms with Gasteiger partial charge in [0.2, 0.25) is 0 Å². The van der Waals surface area contributed by atoms with Gasteiger partial charge in [-0.05, 0) is 41.3 Å². The molecular weight excluding hydrogens is 270 g/mol. The van der Waals surface area contributed by atoms with Crippen molar-refractivity contribution in [1.82, 2.24) is 0 Å². The molecule has 16 heavy (non-hydrogen) atoms. The molecule has 1 saturated carbocycles. The number of rotatable bonds is 3. The summed E-state index contributed by atoms with van der Waals surface area (Å²) in [5, 5.41) is 0. The Hall–Kier alpha value is -0.740. The fraction of sp³-hybridized carbons (Fsp3) is 0.500. The molecule has 1 fully saturated rings. The van der Waals surface area contributed by atoms with Crippen LogP contribution in [0.25, 0.3) is 0 Å². The van der Waals surface area contributed by atoms with Gasteiger partial charge < -0.3 is 15.2 Å². The van der Waals surface area contributed by atoms with Crippen LogP contribution in [0.1, 0.15) is 24.8 Å². The lowest BCUT2D eigenvalue weighted by molar-refractivity contribution is 0.240. The summed E-state index contributed by atoms with van der Waals surface area (Å²) in [6.45, 7) is 0. The van der Waals surface area contributed by atoms with Gasteiger partial charge >= 0.3 is 0 Å². The molecule has 1 aromatic carbocycles. The van der Waals surface area contributed by atoms with E-state index in [4.69, 9.17) is 15.2 Å². The van der Waals surface area contributed by atoms with Crippen molar-refractivity contribution < 1.29 is 9.47 Å². The predicted octanol–water partition coefficient (Wildman–Crippen LogP) is 2.80. The highest BCUT2D eigenvalue weighted by Crippen LogP contribution is 2.47. The van der Waals surface area contributed by atoms with Crippen LogP contribution in [0.3, 0.4) is 0 Å². The average molecular weight is 286 g/mol. The summed E-state index contributed by atoms with van der Waals surface area (Å²) in [5.74, 6) is 1.47. The van der Waals surface area contributed by atoms with Crippen LogP contribution in [0.5, 0.6) is 11.5 Å². The second-order valence-electron chi connectivity index (χ2n) is 4.17. The van der Waals surface area contributed by atoms with Crippen molar-refractivity contribution in [3.05, 3.63) is 22.2 Å². The molecule has 1 aliphatic carbocycles. The van der Waals surface area contributed by atoms with Crippen LogP contribution in [0.15, 0.2) is 16.6 Å². The van der Waals surface area contributed by atoms with Crippen LogP contribution in [0.2, 0.25) is 0 Å². The average Bonchev–Trinajstić information content (AvgIpc) is 2.25. The molecule has 1 aromatic rings. The Labute approximate surface area is 104 Å². The van der Waals surface area contributed by atoms with E-state index in [9.17, 15) is 0 Å². The largest absolute Gasteiger partial charge is 0.492 e. The first-order valence-electron chi connectivity index (χ1n) is 5.32. The highest BCUT2D eigenvalue weighted by Gasteiger charge is 2.37. The van der Waals surface area contributed by atoms with Gasteiger partial charge in [0, 0.05) is 11.1 Å². The van der Waals surface area contributed by atoms with E-state index < -0.39 is 0 Å². The molecule has 2 N–H and O–H groups in total. The van der Waals surface area contributed by atoms with Gasteiger partial charge in [0.25, 0.3) is 0 Å². The second-order valence-corrected chi connectivity index (χ2v) is 5.03. The van der Waals surface area contributed by atoms with E-state index in [1.807, 2.05) is 12.1 Å². The monoisotopic (exact) mass is 285 g/mol. The lowest BCUT2D eigenvalue weighted by atomic mass is 9.72. The maximum absolute atomic E-state index is 6.32. The van der Waals surface area contributed by atoms with Gasteiger partial charge in [0.15, 0.2) is 11.5 Å². The van der Waals surface area contributed by atoms with Gasteiger partial charge in [0.05, 0.1) is 18.7 Å². The molecular formula is C12H16BrNO2. The standard InChI is InChI=1S/C12H16BrNO2/c1-15-10-8(12(14)6-3-7-12)4-5-9(13)11(10)16-2/h4-5H,3,6-7,14H2,1-2H3. The Kier molecular flexibility index (Phi) is 3.13. The summed E-state index contributed by atoms with van der Waals surface area (Å²) in [6.07, 6.45) is 3.19. The molecule has 0 saturated heterocycles. The van der Waals surface area contributed by atoms with E-state index in [0.29, 0.717) is 0 Å². The minimum Gasteiger partial charge on any atom is -0.492 e. The molecule has 0 bridgehead atoms. The molecule has 0 heterocycles. The number of ether oxygens (including phenoxy) is 2. The lowest BCUT2D eigenvalue weighted by Gasteiger charge is -2.39. The third kappa shape index (κ3) is 1.70. The van der Waals surface area contributed by atoms with Gasteiger partial charge in [-0.25, -0.2) is 0 Å². The minimum atomic E-state index is -0.237.